The summed E-state index contributed by atoms with van der Waals surface area (Å²) in [5.41, 5.74) is 1.93. The summed E-state index contributed by atoms with van der Waals surface area (Å²) < 4.78 is 42.0. The summed E-state index contributed by atoms with van der Waals surface area (Å²) in [5.74, 6) is 0.115. The van der Waals surface area contributed by atoms with Crippen LogP contribution in [0.4, 0.5) is 5.69 Å². The molecule has 0 saturated heterocycles. The van der Waals surface area contributed by atoms with Crippen molar-refractivity contribution < 1.29 is 27.5 Å². The van der Waals surface area contributed by atoms with E-state index >= 15 is 0 Å². The molecule has 1 atom stereocenters. The van der Waals surface area contributed by atoms with Gasteiger partial charge < -0.3 is 19.7 Å². The molecule has 0 bridgehead atoms. The Bertz CT molecular complexity index is 1820. The fraction of sp³-hybridized carbons (Fsp3) is 0.297. The van der Waals surface area contributed by atoms with E-state index in [0.29, 0.717) is 24.7 Å². The van der Waals surface area contributed by atoms with Crippen LogP contribution in [0.25, 0.3) is 0 Å². The van der Waals surface area contributed by atoms with Crippen LogP contribution < -0.4 is 19.1 Å². The van der Waals surface area contributed by atoms with Crippen LogP contribution in [0.15, 0.2) is 112 Å². The van der Waals surface area contributed by atoms with Gasteiger partial charge in [-0.1, -0.05) is 89.4 Å². The molecule has 2 amide bonds. The number of sulfonamides is 1. The molecule has 1 N–H and O–H groups in total. The molecule has 1 fully saturated rings. The molecule has 2 aliphatic rings. The number of carbonyl (C=O) groups excluding carboxylic acids is 2. The number of hydrogen-bond donors (Lipinski definition) is 1. The first kappa shape index (κ1) is 33.5. The lowest BCUT2D eigenvalue weighted by atomic mass is 10.0. The third-order valence-electron chi connectivity index (χ3n) is 8.66. The number of hydrogen-bond acceptors (Lipinski definition) is 6. The molecule has 6 rings (SSSR count). The maximum atomic E-state index is 14.7. The van der Waals surface area contributed by atoms with Gasteiger partial charge in [-0.2, -0.15) is 0 Å². The van der Waals surface area contributed by atoms with E-state index in [2.05, 4.69) is 21.2 Å². The molecule has 1 aliphatic heterocycles. The van der Waals surface area contributed by atoms with Crippen LogP contribution in [0, 0.1) is 0 Å². The Morgan fingerprint density at radius 1 is 0.812 bits per heavy atom. The molecular formula is C37H38BrN3O6S. The van der Waals surface area contributed by atoms with Crippen LogP contribution in [0.5, 0.6) is 11.5 Å². The third-order valence-corrected chi connectivity index (χ3v) is 11.0. The average molecular weight is 733 g/mol. The largest absolute Gasteiger partial charge is 0.486 e. The minimum atomic E-state index is -4.23. The molecule has 48 heavy (non-hydrogen) atoms. The number of nitrogens with zero attached hydrogens (tertiary/aromatic N) is 2. The molecular weight excluding hydrogens is 694 g/mol. The minimum absolute atomic E-state index is 0.0342. The smallest absolute Gasteiger partial charge is 0.264 e. The van der Waals surface area contributed by atoms with Gasteiger partial charge in [-0.05, 0) is 60.4 Å². The van der Waals surface area contributed by atoms with E-state index in [1.54, 1.807) is 36.4 Å². The van der Waals surface area contributed by atoms with E-state index < -0.39 is 28.5 Å². The first-order chi connectivity index (χ1) is 23.3. The van der Waals surface area contributed by atoms with Gasteiger partial charge in [0.2, 0.25) is 11.8 Å². The number of rotatable bonds is 12. The molecule has 0 unspecified atom stereocenters. The van der Waals surface area contributed by atoms with E-state index in [4.69, 9.17) is 9.47 Å². The van der Waals surface area contributed by atoms with Gasteiger partial charge in [0.15, 0.2) is 11.5 Å². The van der Waals surface area contributed by atoms with Crippen molar-refractivity contribution in [2.75, 3.05) is 24.1 Å². The SMILES string of the molecule is O=C(NC1CCCC1)[C@H](Cc1ccccc1)N(Cc1ccc(Br)cc1)C(=O)CN(c1ccc2c(c1)OCCO2)S(=O)(=O)c1ccccc1. The number of benzene rings is 4. The number of carbonyl (C=O) groups is 2. The second-order valence-corrected chi connectivity index (χ2v) is 14.8. The Kier molecular flexibility index (Phi) is 10.7. The second-order valence-electron chi connectivity index (χ2n) is 12.0. The van der Waals surface area contributed by atoms with Crippen LogP contribution in [0.2, 0.25) is 0 Å². The highest BCUT2D eigenvalue weighted by Gasteiger charge is 2.36. The second kappa shape index (κ2) is 15.3. The molecule has 0 radical (unpaired) electrons. The molecule has 4 aromatic carbocycles. The molecule has 250 valence electrons. The maximum Gasteiger partial charge on any atom is 0.264 e. The highest BCUT2D eigenvalue weighted by molar-refractivity contribution is 9.10. The van der Waals surface area contributed by atoms with Gasteiger partial charge in [-0.25, -0.2) is 8.42 Å². The Balaban J connectivity index is 1.40. The van der Waals surface area contributed by atoms with Crippen molar-refractivity contribution >= 4 is 43.5 Å². The Morgan fingerprint density at radius 2 is 1.46 bits per heavy atom. The van der Waals surface area contributed by atoms with Crippen LogP contribution >= 0.6 is 15.9 Å². The van der Waals surface area contributed by atoms with E-state index in [-0.39, 0.29) is 35.5 Å². The number of ether oxygens (including phenoxy) is 2. The molecule has 1 saturated carbocycles. The van der Waals surface area contributed by atoms with Crippen molar-refractivity contribution in [2.24, 2.45) is 0 Å². The number of anilines is 1. The molecule has 11 heteroatoms. The highest BCUT2D eigenvalue weighted by atomic mass is 79.9. The first-order valence-corrected chi connectivity index (χ1v) is 18.4. The Hall–Kier alpha value is -4.35. The zero-order chi connectivity index (χ0) is 33.5. The monoisotopic (exact) mass is 731 g/mol. The topological polar surface area (TPSA) is 105 Å². The van der Waals surface area contributed by atoms with Gasteiger partial charge in [-0.15, -0.1) is 0 Å². The van der Waals surface area contributed by atoms with Crippen molar-refractivity contribution in [2.45, 2.75) is 55.6 Å². The highest BCUT2D eigenvalue weighted by Crippen LogP contribution is 2.36. The lowest BCUT2D eigenvalue weighted by Crippen LogP contribution is -2.54. The summed E-state index contributed by atoms with van der Waals surface area (Å²) in [5, 5.41) is 3.20. The van der Waals surface area contributed by atoms with E-state index in [9.17, 15) is 18.0 Å². The van der Waals surface area contributed by atoms with Gasteiger partial charge >= 0.3 is 0 Å². The standard InChI is InChI=1S/C37H38BrN3O6S/c38-29-17-15-28(16-18-29)25-40(33(23-27-9-3-1-4-10-27)37(43)39-30-11-7-8-12-30)36(42)26-41(48(44,45)32-13-5-2-6-14-32)31-19-20-34-35(24-31)47-22-21-46-34/h1-6,9-10,13-20,24,30,33H,7-8,11-12,21-23,25-26H2,(H,39,43)/t33-/m0/s1. The summed E-state index contributed by atoms with van der Waals surface area (Å²) in [6, 6.07) is 29.1. The van der Waals surface area contributed by atoms with Crippen LogP contribution in [0.1, 0.15) is 36.8 Å². The van der Waals surface area contributed by atoms with Crippen molar-refractivity contribution in [1.29, 1.82) is 0 Å². The summed E-state index contributed by atoms with van der Waals surface area (Å²) in [4.78, 5) is 30.4. The third kappa shape index (κ3) is 8.02. The van der Waals surface area contributed by atoms with Crippen molar-refractivity contribution in [3.63, 3.8) is 0 Å². The Labute approximate surface area is 290 Å². The van der Waals surface area contributed by atoms with Gasteiger partial charge in [0.05, 0.1) is 10.6 Å². The lowest BCUT2D eigenvalue weighted by molar-refractivity contribution is -0.140. The van der Waals surface area contributed by atoms with Crippen LogP contribution in [-0.4, -0.2) is 57.0 Å². The molecule has 0 aromatic heterocycles. The van der Waals surface area contributed by atoms with Gasteiger partial charge in [0.25, 0.3) is 10.0 Å². The van der Waals surface area contributed by atoms with Crippen LogP contribution in [0.3, 0.4) is 0 Å². The fourth-order valence-corrected chi connectivity index (χ4v) is 7.83. The van der Waals surface area contributed by atoms with E-state index in [0.717, 1.165) is 45.6 Å². The number of halogens is 1. The number of amides is 2. The molecule has 9 nitrogen and oxygen atoms in total. The fourth-order valence-electron chi connectivity index (χ4n) is 6.14. The number of fused-ring (bicyclic) bond motifs is 1. The predicted molar refractivity (Wildman–Crippen MR) is 187 cm³/mol. The molecule has 0 spiro atoms. The van der Waals surface area contributed by atoms with Crippen molar-refractivity contribution in [3.8, 4) is 11.5 Å². The van der Waals surface area contributed by atoms with Crippen molar-refractivity contribution in [1.82, 2.24) is 10.2 Å². The lowest BCUT2D eigenvalue weighted by Gasteiger charge is -2.34. The van der Waals surface area contributed by atoms with E-state index in [1.807, 2.05) is 54.6 Å². The predicted octanol–water partition coefficient (Wildman–Crippen LogP) is 6.11. The Morgan fingerprint density at radius 3 is 2.15 bits per heavy atom. The first-order valence-electron chi connectivity index (χ1n) is 16.1. The maximum absolute atomic E-state index is 14.7. The zero-order valence-corrected chi connectivity index (χ0v) is 28.9. The molecule has 4 aromatic rings. The number of nitrogens with one attached hydrogen (secondary N) is 1. The molecule has 1 aliphatic carbocycles. The summed E-state index contributed by atoms with van der Waals surface area (Å²) in [7, 11) is -4.23. The summed E-state index contributed by atoms with van der Waals surface area (Å²) in [6.45, 7) is 0.254. The zero-order valence-electron chi connectivity index (χ0n) is 26.5. The quantitative estimate of drug-likeness (QED) is 0.189. The van der Waals surface area contributed by atoms with Gasteiger partial charge in [0, 0.05) is 29.5 Å². The average Bonchev–Trinajstić information content (AvgIpc) is 3.63. The van der Waals surface area contributed by atoms with Crippen molar-refractivity contribution in [3.05, 3.63) is 119 Å². The minimum Gasteiger partial charge on any atom is -0.486 e. The normalized spacial score (nSPS) is 15.0. The summed E-state index contributed by atoms with van der Waals surface area (Å²) in [6.07, 6.45) is 4.11. The van der Waals surface area contributed by atoms with E-state index in [1.165, 1.54) is 17.0 Å². The van der Waals surface area contributed by atoms with Crippen LogP contribution in [-0.2, 0) is 32.6 Å². The molecule has 1 heterocycles. The van der Waals surface area contributed by atoms with Gasteiger partial charge in [-0.3, -0.25) is 13.9 Å². The van der Waals surface area contributed by atoms with Gasteiger partial charge in [0.1, 0.15) is 25.8 Å². The summed E-state index contributed by atoms with van der Waals surface area (Å²) >= 11 is 3.48.